The monoisotopic (exact) mass is 396 g/mol. The van der Waals surface area contributed by atoms with Crippen molar-refractivity contribution in [1.29, 1.82) is 0 Å². The minimum absolute atomic E-state index is 0.0862. The van der Waals surface area contributed by atoms with E-state index in [4.69, 9.17) is 4.74 Å². The van der Waals surface area contributed by atoms with Crippen molar-refractivity contribution < 1.29 is 23.8 Å². The van der Waals surface area contributed by atoms with Crippen molar-refractivity contribution in [2.45, 2.75) is 24.8 Å². The number of hydrogen-bond donors (Lipinski definition) is 3. The third-order valence-corrected chi connectivity index (χ3v) is 5.31. The number of carboxylic acids is 1. The zero-order valence-electron chi connectivity index (χ0n) is 15.7. The van der Waals surface area contributed by atoms with Crippen LogP contribution in [0.1, 0.15) is 33.8 Å². The second-order valence-electron chi connectivity index (χ2n) is 7.26. The van der Waals surface area contributed by atoms with Gasteiger partial charge in [-0.25, -0.2) is 9.18 Å². The van der Waals surface area contributed by atoms with Crippen LogP contribution in [0.15, 0.2) is 48.7 Å². The minimum Gasteiger partial charge on any atom is -0.480 e. The lowest BCUT2D eigenvalue weighted by Gasteiger charge is -2.15. The molecule has 150 valence electrons. The fraction of sp³-hybridized carbons (Fsp3) is 0.273. The van der Waals surface area contributed by atoms with Gasteiger partial charge in [-0.2, -0.15) is 0 Å². The van der Waals surface area contributed by atoms with Gasteiger partial charge in [-0.3, -0.25) is 4.79 Å². The van der Waals surface area contributed by atoms with Crippen molar-refractivity contribution in [2.75, 3.05) is 13.2 Å². The van der Waals surface area contributed by atoms with Crippen LogP contribution < -0.4 is 5.32 Å². The Morgan fingerprint density at radius 3 is 2.90 bits per heavy atom. The number of amides is 1. The summed E-state index contributed by atoms with van der Waals surface area (Å²) in [6, 6.07) is 10.4. The van der Waals surface area contributed by atoms with Gasteiger partial charge in [0.2, 0.25) is 0 Å². The lowest BCUT2D eigenvalue weighted by Crippen LogP contribution is -2.42. The average molecular weight is 396 g/mol. The molecule has 1 aromatic heterocycles. The van der Waals surface area contributed by atoms with Gasteiger partial charge in [0.1, 0.15) is 11.9 Å². The fourth-order valence-corrected chi connectivity index (χ4v) is 3.72. The summed E-state index contributed by atoms with van der Waals surface area (Å²) in [5.74, 6) is -1.69. The first kappa shape index (κ1) is 19.1. The molecule has 0 spiro atoms. The molecule has 3 N–H and O–H groups in total. The number of carboxylic acid groups (broad SMARTS) is 1. The van der Waals surface area contributed by atoms with E-state index in [1.54, 1.807) is 30.5 Å². The number of fused-ring (bicyclic) bond motifs is 1. The molecule has 3 aromatic rings. The number of aliphatic carboxylic acids is 1. The smallest absolute Gasteiger partial charge is 0.326 e. The molecule has 4 rings (SSSR count). The summed E-state index contributed by atoms with van der Waals surface area (Å²) in [5, 5.41) is 12.9. The molecule has 6 nitrogen and oxygen atoms in total. The van der Waals surface area contributed by atoms with Crippen molar-refractivity contribution in [2.24, 2.45) is 0 Å². The van der Waals surface area contributed by atoms with E-state index in [-0.39, 0.29) is 18.2 Å². The van der Waals surface area contributed by atoms with Gasteiger partial charge in [-0.1, -0.05) is 12.1 Å². The summed E-state index contributed by atoms with van der Waals surface area (Å²) in [4.78, 5) is 27.4. The number of nitrogens with one attached hydrogen (secondary N) is 2. The number of ether oxygens (including phenoxy) is 1. The third kappa shape index (κ3) is 4.14. The predicted octanol–water partition coefficient (Wildman–Crippen LogP) is 3.24. The fourth-order valence-electron chi connectivity index (χ4n) is 3.72. The number of carbonyl (C=O) groups excluding carboxylic acids is 1. The predicted molar refractivity (Wildman–Crippen MR) is 105 cm³/mol. The quantitative estimate of drug-likeness (QED) is 0.597. The zero-order valence-corrected chi connectivity index (χ0v) is 15.7. The molecule has 2 aromatic carbocycles. The standard InChI is InChI=1S/C22H21FN2O4/c23-17-4-5-18-16(11-24-19(18)10-17)9-20(22(27)28)25-21(26)14-3-1-2-13(8-14)15-6-7-29-12-15/h1-5,8,10-11,15,20,24H,6-7,9,12H2,(H,25,26)(H,27,28). The minimum atomic E-state index is -1.13. The highest BCUT2D eigenvalue weighted by Crippen LogP contribution is 2.26. The van der Waals surface area contributed by atoms with Crippen LogP contribution in [-0.4, -0.2) is 41.2 Å². The van der Waals surface area contributed by atoms with Gasteiger partial charge in [0.15, 0.2) is 0 Å². The summed E-state index contributed by atoms with van der Waals surface area (Å²) < 4.78 is 18.8. The van der Waals surface area contributed by atoms with E-state index >= 15 is 0 Å². The number of halogens is 1. The summed E-state index contributed by atoms with van der Waals surface area (Å²) in [6.45, 7) is 1.33. The number of H-pyrrole nitrogens is 1. The Labute approximate surface area is 166 Å². The molecule has 0 radical (unpaired) electrons. The molecule has 0 bridgehead atoms. The summed E-state index contributed by atoms with van der Waals surface area (Å²) in [7, 11) is 0. The third-order valence-electron chi connectivity index (χ3n) is 5.31. The summed E-state index contributed by atoms with van der Waals surface area (Å²) in [5.41, 5.74) is 2.72. The highest BCUT2D eigenvalue weighted by Gasteiger charge is 2.24. The van der Waals surface area contributed by atoms with Gasteiger partial charge in [0, 0.05) is 41.6 Å². The molecule has 0 aliphatic carbocycles. The Morgan fingerprint density at radius 2 is 2.14 bits per heavy atom. The van der Waals surface area contributed by atoms with E-state index < -0.39 is 17.9 Å². The van der Waals surface area contributed by atoms with Crippen molar-refractivity contribution in [3.05, 3.63) is 71.2 Å². The number of carbonyl (C=O) groups is 2. The summed E-state index contributed by atoms with van der Waals surface area (Å²) in [6.07, 6.45) is 2.64. The van der Waals surface area contributed by atoms with Gasteiger partial charge < -0.3 is 20.1 Å². The molecule has 1 aliphatic rings. The Kier molecular flexibility index (Phi) is 5.31. The van der Waals surface area contributed by atoms with Crippen LogP contribution in [0.5, 0.6) is 0 Å². The largest absolute Gasteiger partial charge is 0.480 e. The van der Waals surface area contributed by atoms with Crippen molar-refractivity contribution in [3.63, 3.8) is 0 Å². The van der Waals surface area contributed by atoms with E-state index in [0.29, 0.717) is 29.9 Å². The zero-order chi connectivity index (χ0) is 20.4. The molecule has 1 aliphatic heterocycles. The van der Waals surface area contributed by atoms with E-state index in [0.717, 1.165) is 17.4 Å². The first-order valence-corrected chi connectivity index (χ1v) is 9.48. The van der Waals surface area contributed by atoms with Gasteiger partial charge in [0.05, 0.1) is 6.61 Å². The van der Waals surface area contributed by atoms with E-state index in [9.17, 15) is 19.1 Å². The molecule has 2 heterocycles. The second kappa shape index (κ2) is 8.05. The number of aromatic nitrogens is 1. The van der Waals surface area contributed by atoms with Crippen LogP contribution >= 0.6 is 0 Å². The summed E-state index contributed by atoms with van der Waals surface area (Å²) >= 11 is 0. The van der Waals surface area contributed by atoms with Crippen LogP contribution in [0.3, 0.4) is 0 Å². The molecule has 1 saturated heterocycles. The first-order chi connectivity index (χ1) is 14.0. The molecule has 29 heavy (non-hydrogen) atoms. The van der Waals surface area contributed by atoms with Crippen LogP contribution in [0.25, 0.3) is 10.9 Å². The normalized spacial score (nSPS) is 17.3. The Bertz CT molecular complexity index is 1060. The number of rotatable bonds is 6. The van der Waals surface area contributed by atoms with Gasteiger partial charge in [0.25, 0.3) is 5.91 Å². The topological polar surface area (TPSA) is 91.4 Å². The van der Waals surface area contributed by atoms with Gasteiger partial charge >= 0.3 is 5.97 Å². The van der Waals surface area contributed by atoms with Gasteiger partial charge in [-0.05, 0) is 47.9 Å². The van der Waals surface area contributed by atoms with Crippen LogP contribution in [0, 0.1) is 5.82 Å². The first-order valence-electron chi connectivity index (χ1n) is 9.48. The highest BCUT2D eigenvalue weighted by molar-refractivity contribution is 5.97. The Morgan fingerprint density at radius 1 is 1.28 bits per heavy atom. The lowest BCUT2D eigenvalue weighted by molar-refractivity contribution is -0.139. The molecular weight excluding hydrogens is 375 g/mol. The van der Waals surface area contributed by atoms with Crippen LogP contribution in [0.4, 0.5) is 4.39 Å². The molecule has 0 saturated carbocycles. The van der Waals surface area contributed by atoms with E-state index in [1.807, 2.05) is 6.07 Å². The maximum atomic E-state index is 13.4. The molecule has 1 fully saturated rings. The van der Waals surface area contributed by atoms with Crippen LogP contribution in [0.2, 0.25) is 0 Å². The highest BCUT2D eigenvalue weighted by atomic mass is 19.1. The van der Waals surface area contributed by atoms with Crippen LogP contribution in [-0.2, 0) is 16.0 Å². The van der Waals surface area contributed by atoms with E-state index in [2.05, 4.69) is 10.3 Å². The molecule has 7 heteroatoms. The molecule has 1 amide bonds. The lowest BCUT2D eigenvalue weighted by atomic mass is 9.96. The van der Waals surface area contributed by atoms with E-state index in [1.165, 1.54) is 12.1 Å². The Hall–Kier alpha value is -3.19. The number of benzene rings is 2. The number of aromatic amines is 1. The molecular formula is C22H21FN2O4. The molecule has 2 unspecified atom stereocenters. The average Bonchev–Trinajstić information content (AvgIpc) is 3.37. The SMILES string of the molecule is O=C(NC(Cc1c[nH]c2cc(F)ccc12)C(=O)O)c1cccc(C2CCOC2)c1. The maximum Gasteiger partial charge on any atom is 0.326 e. The Balaban J connectivity index is 1.51. The number of hydrogen-bond acceptors (Lipinski definition) is 3. The van der Waals surface area contributed by atoms with Crippen molar-refractivity contribution >= 4 is 22.8 Å². The maximum absolute atomic E-state index is 13.4. The van der Waals surface area contributed by atoms with Crippen molar-refractivity contribution in [3.8, 4) is 0 Å². The van der Waals surface area contributed by atoms with Crippen molar-refractivity contribution in [1.82, 2.24) is 10.3 Å². The van der Waals surface area contributed by atoms with Gasteiger partial charge in [-0.15, -0.1) is 0 Å². The second-order valence-corrected chi connectivity index (χ2v) is 7.26. The molecule has 2 atom stereocenters.